The van der Waals surface area contributed by atoms with Gasteiger partial charge < -0.3 is 9.67 Å². The number of nitrogens with zero attached hydrogens (tertiary/aromatic N) is 2. The van der Waals surface area contributed by atoms with E-state index in [-0.39, 0.29) is 0 Å². The lowest BCUT2D eigenvalue weighted by Gasteiger charge is -2.24. The maximum Gasteiger partial charge on any atom is 0.111 e. The van der Waals surface area contributed by atoms with Crippen LogP contribution in [0.15, 0.2) is 36.7 Å². The molecule has 1 atom stereocenters. The smallest absolute Gasteiger partial charge is 0.111 e. The molecule has 0 saturated heterocycles. The summed E-state index contributed by atoms with van der Waals surface area (Å²) in [6, 6.07) is 8.18. The lowest BCUT2D eigenvalue weighted by atomic mass is 9.91. The van der Waals surface area contributed by atoms with E-state index in [9.17, 15) is 5.11 Å². The molecule has 1 aromatic heterocycles. The van der Waals surface area contributed by atoms with Crippen LogP contribution in [0, 0.1) is 0 Å². The molecular weight excluding hydrogens is 236 g/mol. The third kappa shape index (κ3) is 3.04. The van der Waals surface area contributed by atoms with Gasteiger partial charge in [-0.15, -0.1) is 0 Å². The van der Waals surface area contributed by atoms with Gasteiger partial charge in [0.05, 0.1) is 5.60 Å². The van der Waals surface area contributed by atoms with Crippen LogP contribution >= 0.6 is 0 Å². The molecule has 19 heavy (non-hydrogen) atoms. The van der Waals surface area contributed by atoms with Crippen molar-refractivity contribution in [2.75, 3.05) is 0 Å². The summed E-state index contributed by atoms with van der Waals surface area (Å²) >= 11 is 0. The Hall–Kier alpha value is -1.61. The highest BCUT2D eigenvalue weighted by molar-refractivity contribution is 5.27. The molecule has 1 aromatic carbocycles. The predicted octanol–water partition coefficient (Wildman–Crippen LogP) is 2.92. The van der Waals surface area contributed by atoms with E-state index in [1.807, 2.05) is 25.3 Å². The van der Waals surface area contributed by atoms with Crippen molar-refractivity contribution in [2.24, 2.45) is 0 Å². The van der Waals surface area contributed by atoms with Gasteiger partial charge in [-0.05, 0) is 31.4 Å². The Morgan fingerprint density at radius 2 is 1.89 bits per heavy atom. The first-order valence-corrected chi connectivity index (χ1v) is 6.88. The van der Waals surface area contributed by atoms with E-state index in [1.165, 1.54) is 5.56 Å². The van der Waals surface area contributed by atoms with Gasteiger partial charge in [0.25, 0.3) is 0 Å². The van der Waals surface area contributed by atoms with Crippen LogP contribution in [-0.4, -0.2) is 14.7 Å². The summed E-state index contributed by atoms with van der Waals surface area (Å²) in [5, 5.41) is 10.7. The van der Waals surface area contributed by atoms with Gasteiger partial charge in [0.1, 0.15) is 5.82 Å². The molecule has 0 saturated carbocycles. The fourth-order valence-electron chi connectivity index (χ4n) is 2.30. The second kappa shape index (κ2) is 5.57. The van der Waals surface area contributed by atoms with Crippen molar-refractivity contribution in [3.8, 4) is 0 Å². The van der Waals surface area contributed by atoms with E-state index in [0.29, 0.717) is 6.42 Å². The van der Waals surface area contributed by atoms with Crippen molar-refractivity contribution in [3.63, 3.8) is 0 Å². The normalized spacial score (nSPS) is 14.3. The van der Waals surface area contributed by atoms with Gasteiger partial charge in [-0.2, -0.15) is 0 Å². The third-order valence-corrected chi connectivity index (χ3v) is 3.63. The first-order valence-electron chi connectivity index (χ1n) is 6.88. The molecule has 3 nitrogen and oxygen atoms in total. The number of aliphatic hydroxyl groups is 1. The lowest BCUT2D eigenvalue weighted by Crippen LogP contribution is -2.26. The molecule has 0 spiro atoms. The van der Waals surface area contributed by atoms with Crippen LogP contribution < -0.4 is 0 Å². The summed E-state index contributed by atoms with van der Waals surface area (Å²) in [4.78, 5) is 4.33. The van der Waals surface area contributed by atoms with E-state index in [0.717, 1.165) is 24.4 Å². The summed E-state index contributed by atoms with van der Waals surface area (Å²) in [5.41, 5.74) is 1.34. The van der Waals surface area contributed by atoms with Crippen molar-refractivity contribution < 1.29 is 5.11 Å². The molecule has 0 bridgehead atoms. The van der Waals surface area contributed by atoms with E-state index in [4.69, 9.17) is 0 Å². The molecule has 0 aliphatic heterocycles. The minimum atomic E-state index is -0.884. The van der Waals surface area contributed by atoms with Crippen molar-refractivity contribution in [3.05, 3.63) is 53.6 Å². The van der Waals surface area contributed by atoms with Crippen LogP contribution in [0.1, 0.15) is 37.7 Å². The van der Waals surface area contributed by atoms with E-state index in [1.54, 1.807) is 6.20 Å². The Balaban J connectivity index is 2.21. The quantitative estimate of drug-likeness (QED) is 0.895. The topological polar surface area (TPSA) is 38.1 Å². The number of aryl methyl sites for hydroxylation is 2. The molecule has 0 aliphatic rings. The molecule has 0 radical (unpaired) electrons. The maximum atomic E-state index is 10.7. The lowest BCUT2D eigenvalue weighted by molar-refractivity contribution is 0.0546. The van der Waals surface area contributed by atoms with Gasteiger partial charge in [0.2, 0.25) is 0 Å². The largest absolute Gasteiger partial charge is 0.385 e. The van der Waals surface area contributed by atoms with Gasteiger partial charge in [0, 0.05) is 25.4 Å². The fraction of sp³-hybridized carbons (Fsp3) is 0.438. The highest BCUT2D eigenvalue weighted by Gasteiger charge is 2.25. The van der Waals surface area contributed by atoms with Gasteiger partial charge >= 0.3 is 0 Å². The minimum Gasteiger partial charge on any atom is -0.385 e. The predicted molar refractivity (Wildman–Crippen MR) is 77.0 cm³/mol. The Morgan fingerprint density at radius 3 is 2.47 bits per heavy atom. The molecule has 2 rings (SSSR count). The number of benzene rings is 1. The van der Waals surface area contributed by atoms with E-state index < -0.39 is 5.60 Å². The zero-order chi connectivity index (χ0) is 13.9. The fourth-order valence-corrected chi connectivity index (χ4v) is 2.30. The SMILES string of the molecule is CCc1ccc(C(C)(O)Cc2nccn2CC)cc1. The number of imidazole rings is 1. The molecule has 1 unspecified atom stereocenters. The Morgan fingerprint density at radius 1 is 1.21 bits per heavy atom. The second-order valence-corrected chi connectivity index (χ2v) is 5.13. The summed E-state index contributed by atoms with van der Waals surface area (Å²) in [6.07, 6.45) is 5.28. The van der Waals surface area contributed by atoms with Gasteiger partial charge in [-0.25, -0.2) is 4.98 Å². The highest BCUT2D eigenvalue weighted by Crippen LogP contribution is 2.25. The molecule has 0 fully saturated rings. The van der Waals surface area contributed by atoms with Crippen LogP contribution in [0.25, 0.3) is 0 Å². The summed E-state index contributed by atoms with van der Waals surface area (Å²) in [5.74, 6) is 0.923. The first-order chi connectivity index (χ1) is 9.06. The molecular formula is C16H22N2O. The zero-order valence-electron chi connectivity index (χ0n) is 11.9. The molecule has 102 valence electrons. The highest BCUT2D eigenvalue weighted by atomic mass is 16.3. The van der Waals surface area contributed by atoms with Crippen LogP contribution in [0.3, 0.4) is 0 Å². The summed E-state index contributed by atoms with van der Waals surface area (Å²) < 4.78 is 2.06. The van der Waals surface area contributed by atoms with Crippen LogP contribution in [0.2, 0.25) is 0 Å². The molecule has 1 heterocycles. The van der Waals surface area contributed by atoms with E-state index >= 15 is 0 Å². The number of aromatic nitrogens is 2. The average Bonchev–Trinajstić information content (AvgIpc) is 2.85. The molecule has 0 aliphatic carbocycles. The Bertz CT molecular complexity index is 526. The van der Waals surface area contributed by atoms with Crippen LogP contribution in [-0.2, 0) is 25.0 Å². The number of hydrogen-bond acceptors (Lipinski definition) is 2. The maximum absolute atomic E-state index is 10.7. The molecule has 0 amide bonds. The second-order valence-electron chi connectivity index (χ2n) is 5.13. The molecule has 1 N–H and O–H groups in total. The summed E-state index contributed by atoms with van der Waals surface area (Å²) in [6.45, 7) is 6.93. The van der Waals surface area contributed by atoms with Crippen molar-refractivity contribution in [1.82, 2.24) is 9.55 Å². The zero-order valence-corrected chi connectivity index (χ0v) is 11.9. The molecule has 2 aromatic rings. The number of hydrogen-bond donors (Lipinski definition) is 1. The van der Waals surface area contributed by atoms with Crippen LogP contribution in [0.5, 0.6) is 0 Å². The Labute approximate surface area is 114 Å². The van der Waals surface area contributed by atoms with Crippen molar-refractivity contribution >= 4 is 0 Å². The monoisotopic (exact) mass is 258 g/mol. The van der Waals surface area contributed by atoms with Crippen LogP contribution in [0.4, 0.5) is 0 Å². The average molecular weight is 258 g/mol. The third-order valence-electron chi connectivity index (χ3n) is 3.63. The van der Waals surface area contributed by atoms with Gasteiger partial charge in [-0.1, -0.05) is 31.2 Å². The first kappa shape index (κ1) is 13.8. The van der Waals surface area contributed by atoms with E-state index in [2.05, 4.69) is 35.5 Å². The minimum absolute atomic E-state index is 0.527. The molecule has 3 heteroatoms. The van der Waals surface area contributed by atoms with Crippen molar-refractivity contribution in [1.29, 1.82) is 0 Å². The standard InChI is InChI=1S/C16H22N2O/c1-4-13-6-8-14(9-7-13)16(3,19)12-15-17-10-11-18(15)5-2/h6-11,19H,4-5,12H2,1-3H3. The van der Waals surface area contributed by atoms with Gasteiger partial charge in [-0.3, -0.25) is 0 Å². The van der Waals surface area contributed by atoms with Crippen molar-refractivity contribution in [2.45, 2.75) is 45.8 Å². The summed E-state index contributed by atoms with van der Waals surface area (Å²) in [7, 11) is 0. The number of rotatable bonds is 5. The van der Waals surface area contributed by atoms with Gasteiger partial charge in [0.15, 0.2) is 0 Å². The Kier molecular flexibility index (Phi) is 4.05.